The third-order valence-electron chi connectivity index (χ3n) is 5.65. The lowest BCUT2D eigenvalue weighted by Gasteiger charge is -2.34. The summed E-state index contributed by atoms with van der Waals surface area (Å²) < 4.78 is 5.87. The molecule has 0 saturated carbocycles. The third kappa shape index (κ3) is 1.72. The van der Waals surface area contributed by atoms with Crippen molar-refractivity contribution in [3.63, 3.8) is 0 Å². The van der Waals surface area contributed by atoms with Crippen LogP contribution in [0.4, 0.5) is 0 Å². The number of carbonyl (C=O) groups excluding carboxylic acids is 2. The number of rotatable bonds is 2. The highest BCUT2D eigenvalue weighted by molar-refractivity contribution is 5.90. The molecule has 0 aromatic carbocycles. The van der Waals surface area contributed by atoms with Crippen molar-refractivity contribution in [2.45, 2.75) is 30.6 Å². The summed E-state index contributed by atoms with van der Waals surface area (Å²) >= 11 is 0. The van der Waals surface area contributed by atoms with Crippen LogP contribution in [-0.4, -0.2) is 61.2 Å². The summed E-state index contributed by atoms with van der Waals surface area (Å²) in [6.07, 6.45) is 5.15. The molecular formula is C15H20N2O4. The summed E-state index contributed by atoms with van der Waals surface area (Å²) in [4.78, 5) is 27.5. The standard InChI is InChI=1S/C15H20N2O4/c1-16-6-3-9(4-7-16)17-8-15-5-2-10(21-15)11(14(19)20)12(15)13(17)18/h2,5,9-12H,3-4,6-8H2,1H3,(H,19,20)/t10-,11-,12+,15-/m1/s1. The van der Waals surface area contributed by atoms with E-state index >= 15 is 0 Å². The number of amides is 1. The zero-order valence-corrected chi connectivity index (χ0v) is 12.1. The minimum Gasteiger partial charge on any atom is -0.550 e. The maximum atomic E-state index is 12.8. The van der Waals surface area contributed by atoms with E-state index in [1.54, 1.807) is 6.08 Å². The lowest BCUT2D eigenvalue weighted by molar-refractivity contribution is -0.885. The van der Waals surface area contributed by atoms with Gasteiger partial charge in [0.05, 0.1) is 38.7 Å². The quantitative estimate of drug-likeness (QED) is 0.558. The summed E-state index contributed by atoms with van der Waals surface area (Å²) in [5.41, 5.74) is -0.720. The van der Waals surface area contributed by atoms with E-state index in [2.05, 4.69) is 7.05 Å². The van der Waals surface area contributed by atoms with Gasteiger partial charge in [-0.1, -0.05) is 12.2 Å². The average molecular weight is 292 g/mol. The first-order valence-electron chi connectivity index (χ1n) is 7.72. The van der Waals surface area contributed by atoms with Gasteiger partial charge in [0.2, 0.25) is 5.91 Å². The largest absolute Gasteiger partial charge is 0.550 e. The maximum Gasteiger partial charge on any atom is 0.230 e. The normalized spacial score (nSPS) is 48.0. The molecule has 4 heterocycles. The van der Waals surface area contributed by atoms with Crippen LogP contribution in [0.15, 0.2) is 12.2 Å². The number of carboxylic acid groups (broad SMARTS) is 1. The van der Waals surface area contributed by atoms with Crippen molar-refractivity contribution in [3.05, 3.63) is 12.2 Å². The number of nitrogens with zero attached hydrogens (tertiary/aromatic N) is 1. The van der Waals surface area contributed by atoms with Gasteiger partial charge < -0.3 is 24.4 Å². The van der Waals surface area contributed by atoms with Crippen LogP contribution in [0.2, 0.25) is 0 Å². The number of nitrogens with one attached hydrogen (secondary N) is 1. The van der Waals surface area contributed by atoms with Crippen molar-refractivity contribution in [1.29, 1.82) is 0 Å². The molecule has 0 radical (unpaired) electrons. The van der Waals surface area contributed by atoms with E-state index in [4.69, 9.17) is 4.74 Å². The van der Waals surface area contributed by atoms with Gasteiger partial charge >= 0.3 is 0 Å². The second kappa shape index (κ2) is 4.30. The predicted molar refractivity (Wildman–Crippen MR) is 70.1 cm³/mol. The number of quaternary nitrogens is 1. The van der Waals surface area contributed by atoms with Gasteiger partial charge in [-0.2, -0.15) is 0 Å². The van der Waals surface area contributed by atoms with Crippen LogP contribution < -0.4 is 10.0 Å². The van der Waals surface area contributed by atoms with Crippen LogP contribution >= 0.6 is 0 Å². The number of piperidine rings is 1. The van der Waals surface area contributed by atoms with Crippen LogP contribution in [0.1, 0.15) is 12.8 Å². The maximum absolute atomic E-state index is 12.8. The molecule has 0 unspecified atom stereocenters. The number of ether oxygens (including phenoxy) is 1. The third-order valence-corrected chi connectivity index (χ3v) is 5.65. The molecule has 21 heavy (non-hydrogen) atoms. The Bertz CT molecular complexity index is 526. The smallest absolute Gasteiger partial charge is 0.230 e. The van der Waals surface area contributed by atoms with Gasteiger partial charge in [-0.05, 0) is 0 Å². The van der Waals surface area contributed by atoms with Crippen molar-refractivity contribution in [2.24, 2.45) is 11.8 Å². The van der Waals surface area contributed by atoms with E-state index in [0.29, 0.717) is 6.54 Å². The molecule has 2 bridgehead atoms. The molecule has 0 aromatic rings. The minimum atomic E-state index is -1.17. The van der Waals surface area contributed by atoms with E-state index in [1.807, 2.05) is 11.0 Å². The van der Waals surface area contributed by atoms with Crippen LogP contribution in [0.3, 0.4) is 0 Å². The zero-order chi connectivity index (χ0) is 14.8. The molecule has 4 rings (SSSR count). The number of hydrogen-bond donors (Lipinski definition) is 1. The molecule has 114 valence electrons. The summed E-state index contributed by atoms with van der Waals surface area (Å²) in [7, 11) is 2.16. The lowest BCUT2D eigenvalue weighted by Crippen LogP contribution is -3.10. The first kappa shape index (κ1) is 13.3. The van der Waals surface area contributed by atoms with E-state index in [1.165, 1.54) is 4.90 Å². The van der Waals surface area contributed by atoms with Gasteiger partial charge in [0.1, 0.15) is 5.60 Å². The fourth-order valence-electron chi connectivity index (χ4n) is 4.51. The Morgan fingerprint density at radius 3 is 2.86 bits per heavy atom. The molecular weight excluding hydrogens is 272 g/mol. The molecule has 6 nitrogen and oxygen atoms in total. The van der Waals surface area contributed by atoms with E-state index in [-0.39, 0.29) is 11.9 Å². The summed E-state index contributed by atoms with van der Waals surface area (Å²) in [6.45, 7) is 2.60. The van der Waals surface area contributed by atoms with Crippen LogP contribution in [0.5, 0.6) is 0 Å². The number of fused-ring (bicyclic) bond motifs is 1. The van der Waals surface area contributed by atoms with Crippen molar-refractivity contribution >= 4 is 11.9 Å². The molecule has 1 amide bonds. The van der Waals surface area contributed by atoms with Crippen molar-refractivity contribution < 1.29 is 24.3 Å². The molecule has 4 aliphatic heterocycles. The monoisotopic (exact) mass is 292 g/mol. The van der Waals surface area contributed by atoms with Gasteiger partial charge in [0.15, 0.2) is 0 Å². The Labute approximate surface area is 123 Å². The molecule has 1 spiro atoms. The molecule has 0 aliphatic carbocycles. The second-order valence-corrected chi connectivity index (χ2v) is 6.87. The SMILES string of the molecule is C[NH+]1CCC(N2C[C@@]34C=C[C@@H](O3)[C@@H](C(=O)[O-])[C@H]4C2=O)CC1. The van der Waals surface area contributed by atoms with Crippen LogP contribution in [-0.2, 0) is 14.3 Å². The highest BCUT2D eigenvalue weighted by Gasteiger charge is 2.66. The Morgan fingerprint density at radius 1 is 1.48 bits per heavy atom. The van der Waals surface area contributed by atoms with Gasteiger partial charge in [0.25, 0.3) is 0 Å². The molecule has 3 saturated heterocycles. The molecule has 3 fully saturated rings. The fraction of sp³-hybridized carbons (Fsp3) is 0.733. The molecule has 6 heteroatoms. The van der Waals surface area contributed by atoms with Gasteiger partial charge in [-0.15, -0.1) is 0 Å². The number of likely N-dealkylation sites (tertiary alicyclic amines) is 2. The summed E-state index contributed by atoms with van der Waals surface area (Å²) in [5, 5.41) is 11.4. The minimum absolute atomic E-state index is 0.0550. The lowest BCUT2D eigenvalue weighted by atomic mass is 9.77. The predicted octanol–water partition coefficient (Wildman–Crippen LogP) is -2.80. The van der Waals surface area contributed by atoms with Gasteiger partial charge in [0, 0.05) is 30.8 Å². The molecule has 4 aliphatic rings. The van der Waals surface area contributed by atoms with E-state index in [0.717, 1.165) is 25.9 Å². The first-order valence-corrected chi connectivity index (χ1v) is 7.72. The van der Waals surface area contributed by atoms with Crippen molar-refractivity contribution in [1.82, 2.24) is 4.90 Å². The fourth-order valence-corrected chi connectivity index (χ4v) is 4.51. The van der Waals surface area contributed by atoms with Crippen molar-refractivity contribution in [3.8, 4) is 0 Å². The van der Waals surface area contributed by atoms with Gasteiger partial charge in [-0.25, -0.2) is 0 Å². The topological polar surface area (TPSA) is 74.1 Å². The van der Waals surface area contributed by atoms with Gasteiger partial charge in [-0.3, -0.25) is 4.79 Å². The zero-order valence-electron chi connectivity index (χ0n) is 12.1. The van der Waals surface area contributed by atoms with Crippen LogP contribution in [0, 0.1) is 11.8 Å². The van der Waals surface area contributed by atoms with Crippen LogP contribution in [0.25, 0.3) is 0 Å². The Balaban J connectivity index is 1.60. The number of aliphatic carboxylic acids is 1. The summed E-state index contributed by atoms with van der Waals surface area (Å²) in [5.74, 6) is -2.64. The second-order valence-electron chi connectivity index (χ2n) is 6.87. The Kier molecular flexibility index (Phi) is 2.72. The van der Waals surface area contributed by atoms with Crippen molar-refractivity contribution in [2.75, 3.05) is 26.7 Å². The Morgan fingerprint density at radius 2 is 2.19 bits per heavy atom. The molecule has 4 atom stereocenters. The highest BCUT2D eigenvalue weighted by Crippen LogP contribution is 2.52. The van der Waals surface area contributed by atoms with E-state index < -0.39 is 29.5 Å². The highest BCUT2D eigenvalue weighted by atomic mass is 16.5. The Hall–Kier alpha value is -1.40. The number of carbonyl (C=O) groups is 2. The number of hydrogen-bond acceptors (Lipinski definition) is 4. The average Bonchev–Trinajstić information content (AvgIpc) is 3.08. The summed E-state index contributed by atoms with van der Waals surface area (Å²) in [6, 6.07) is 0.222. The molecule has 1 N–H and O–H groups in total. The molecule has 0 aromatic heterocycles. The first-order chi connectivity index (χ1) is 10.0. The number of carboxylic acids is 1. The van der Waals surface area contributed by atoms with E-state index in [9.17, 15) is 14.7 Å².